The van der Waals surface area contributed by atoms with Crippen LogP contribution in [-0.4, -0.2) is 27.1 Å². The molecular weight excluding hydrogens is 268 g/mol. The van der Waals surface area contributed by atoms with Crippen LogP contribution in [0.25, 0.3) is 0 Å². The Labute approximate surface area is 112 Å². The second-order valence-electron chi connectivity index (χ2n) is 4.25. The van der Waals surface area contributed by atoms with Crippen LogP contribution in [0.3, 0.4) is 0 Å². The smallest absolute Gasteiger partial charge is 0.330 e. The summed E-state index contributed by atoms with van der Waals surface area (Å²) in [6.07, 6.45) is 2.84. The molecule has 1 aliphatic heterocycles. The van der Waals surface area contributed by atoms with E-state index in [1.54, 1.807) is 18.2 Å². The quantitative estimate of drug-likeness (QED) is 0.619. The highest BCUT2D eigenvalue weighted by atomic mass is 32.2. The first-order valence-electron chi connectivity index (χ1n) is 5.80. The van der Waals surface area contributed by atoms with E-state index >= 15 is 0 Å². The summed E-state index contributed by atoms with van der Waals surface area (Å²) in [7, 11) is -3.81. The molecule has 0 aromatic heterocycles. The first kappa shape index (κ1) is 13.8. The molecule has 6 heteroatoms. The van der Waals surface area contributed by atoms with Gasteiger partial charge >= 0.3 is 5.97 Å². The first-order chi connectivity index (χ1) is 8.97. The Morgan fingerprint density at radius 2 is 2.00 bits per heavy atom. The highest BCUT2D eigenvalue weighted by molar-refractivity contribution is 7.86. The van der Waals surface area contributed by atoms with Crippen molar-refractivity contribution in [1.82, 2.24) is 0 Å². The molecule has 0 spiro atoms. The molecule has 1 aromatic rings. The maximum atomic E-state index is 11.9. The molecule has 0 bridgehead atoms. The third-order valence-electron chi connectivity index (χ3n) is 2.65. The van der Waals surface area contributed by atoms with Gasteiger partial charge in [0.05, 0.1) is 4.90 Å². The van der Waals surface area contributed by atoms with Crippen molar-refractivity contribution in [2.24, 2.45) is 0 Å². The number of hydrogen-bond acceptors (Lipinski definition) is 5. The summed E-state index contributed by atoms with van der Waals surface area (Å²) in [5.74, 6) is -0.479. The van der Waals surface area contributed by atoms with Crippen LogP contribution in [0.1, 0.15) is 12.0 Å². The van der Waals surface area contributed by atoms with Crippen LogP contribution >= 0.6 is 0 Å². The number of cyclic esters (lactones) is 1. The van der Waals surface area contributed by atoms with Crippen LogP contribution in [-0.2, 0) is 23.8 Å². The second kappa shape index (κ2) is 5.54. The number of carbonyl (C=O) groups excluding carboxylic acids is 1. The predicted molar refractivity (Wildman–Crippen MR) is 68.0 cm³/mol. The fourth-order valence-electron chi connectivity index (χ4n) is 1.61. The van der Waals surface area contributed by atoms with Crippen LogP contribution < -0.4 is 0 Å². The van der Waals surface area contributed by atoms with Crippen molar-refractivity contribution < 1.29 is 22.1 Å². The topological polar surface area (TPSA) is 69.7 Å². The van der Waals surface area contributed by atoms with Crippen LogP contribution in [0.5, 0.6) is 0 Å². The lowest BCUT2D eigenvalue weighted by atomic mass is 10.2. The van der Waals surface area contributed by atoms with E-state index in [9.17, 15) is 13.2 Å². The molecular formula is C13H14O5S. The van der Waals surface area contributed by atoms with E-state index in [1.807, 2.05) is 6.92 Å². The third kappa shape index (κ3) is 3.65. The summed E-state index contributed by atoms with van der Waals surface area (Å²) in [6, 6.07) is 6.36. The van der Waals surface area contributed by atoms with Crippen molar-refractivity contribution >= 4 is 16.1 Å². The molecule has 0 N–H and O–H groups in total. The summed E-state index contributed by atoms with van der Waals surface area (Å²) < 4.78 is 33.6. The van der Waals surface area contributed by atoms with Crippen molar-refractivity contribution in [3.8, 4) is 0 Å². The molecule has 0 unspecified atom stereocenters. The Morgan fingerprint density at radius 3 is 2.63 bits per heavy atom. The van der Waals surface area contributed by atoms with Gasteiger partial charge in [0.2, 0.25) is 0 Å². The summed E-state index contributed by atoms with van der Waals surface area (Å²) in [4.78, 5) is 11.1. The number of carbonyl (C=O) groups is 1. The van der Waals surface area contributed by atoms with Gasteiger partial charge in [0.25, 0.3) is 10.1 Å². The van der Waals surface area contributed by atoms with Crippen molar-refractivity contribution in [1.29, 1.82) is 0 Å². The molecule has 0 saturated heterocycles. The molecule has 0 amide bonds. The molecule has 5 nitrogen and oxygen atoms in total. The third-order valence-corrected chi connectivity index (χ3v) is 3.95. The average Bonchev–Trinajstić information content (AvgIpc) is 2.37. The van der Waals surface area contributed by atoms with E-state index in [-0.39, 0.29) is 11.5 Å². The maximum absolute atomic E-state index is 11.9. The lowest BCUT2D eigenvalue weighted by Gasteiger charge is -2.18. The lowest BCUT2D eigenvalue weighted by Crippen LogP contribution is -2.26. The SMILES string of the molecule is Cc1ccc(S(=O)(=O)OC[C@@H]2CC=CC(=O)O2)cc1. The monoisotopic (exact) mass is 282 g/mol. The zero-order chi connectivity index (χ0) is 13.9. The summed E-state index contributed by atoms with van der Waals surface area (Å²) >= 11 is 0. The fourth-order valence-corrected chi connectivity index (χ4v) is 2.54. The fraction of sp³-hybridized carbons (Fsp3) is 0.308. The molecule has 1 atom stereocenters. The van der Waals surface area contributed by atoms with E-state index in [2.05, 4.69) is 0 Å². The molecule has 0 saturated carbocycles. The second-order valence-corrected chi connectivity index (χ2v) is 5.86. The number of aryl methyl sites for hydroxylation is 1. The van der Waals surface area contributed by atoms with Gasteiger partial charge in [0.15, 0.2) is 0 Å². The molecule has 19 heavy (non-hydrogen) atoms. The molecule has 1 aliphatic rings. The van der Waals surface area contributed by atoms with Crippen LogP contribution in [0.2, 0.25) is 0 Å². The summed E-state index contributed by atoms with van der Waals surface area (Å²) in [5, 5.41) is 0. The minimum Gasteiger partial charge on any atom is -0.456 e. The van der Waals surface area contributed by atoms with Crippen molar-refractivity contribution in [2.75, 3.05) is 6.61 Å². The Bertz CT molecular complexity index is 586. The van der Waals surface area contributed by atoms with Gasteiger partial charge in [0.1, 0.15) is 12.7 Å². The molecule has 0 aliphatic carbocycles. The van der Waals surface area contributed by atoms with E-state index < -0.39 is 22.2 Å². The van der Waals surface area contributed by atoms with Gasteiger partial charge in [-0.15, -0.1) is 0 Å². The number of rotatable bonds is 4. The normalized spacial score (nSPS) is 19.2. The van der Waals surface area contributed by atoms with Gasteiger partial charge < -0.3 is 4.74 Å². The molecule has 0 fully saturated rings. The largest absolute Gasteiger partial charge is 0.456 e. The Morgan fingerprint density at radius 1 is 1.32 bits per heavy atom. The van der Waals surface area contributed by atoms with Gasteiger partial charge in [-0.2, -0.15) is 8.42 Å². The Balaban J connectivity index is 2.00. The molecule has 2 rings (SSSR count). The van der Waals surface area contributed by atoms with E-state index in [0.717, 1.165) is 5.56 Å². The summed E-state index contributed by atoms with van der Waals surface area (Å²) in [6.45, 7) is 1.69. The van der Waals surface area contributed by atoms with E-state index in [4.69, 9.17) is 8.92 Å². The van der Waals surface area contributed by atoms with Gasteiger partial charge in [-0.1, -0.05) is 23.8 Å². The number of ether oxygens (including phenoxy) is 1. The van der Waals surface area contributed by atoms with Gasteiger partial charge in [-0.05, 0) is 19.1 Å². The van der Waals surface area contributed by atoms with Crippen LogP contribution in [0, 0.1) is 6.92 Å². The van der Waals surface area contributed by atoms with E-state index in [1.165, 1.54) is 18.2 Å². The summed E-state index contributed by atoms with van der Waals surface area (Å²) in [5.41, 5.74) is 0.963. The molecule has 0 radical (unpaired) electrons. The number of benzene rings is 1. The Hall–Kier alpha value is -1.66. The average molecular weight is 282 g/mol. The predicted octanol–water partition coefficient (Wildman–Crippen LogP) is 1.57. The molecule has 1 aromatic carbocycles. The zero-order valence-corrected chi connectivity index (χ0v) is 11.2. The van der Waals surface area contributed by atoms with Crippen molar-refractivity contribution in [3.05, 3.63) is 42.0 Å². The van der Waals surface area contributed by atoms with Gasteiger partial charge in [-0.25, -0.2) is 4.79 Å². The molecule has 1 heterocycles. The highest BCUT2D eigenvalue weighted by Crippen LogP contribution is 2.15. The van der Waals surface area contributed by atoms with Crippen LogP contribution in [0.15, 0.2) is 41.3 Å². The Kier molecular flexibility index (Phi) is 4.01. The maximum Gasteiger partial charge on any atom is 0.330 e. The van der Waals surface area contributed by atoms with Crippen molar-refractivity contribution in [3.63, 3.8) is 0 Å². The highest BCUT2D eigenvalue weighted by Gasteiger charge is 2.21. The lowest BCUT2D eigenvalue weighted by molar-refractivity contribution is -0.145. The molecule has 102 valence electrons. The minimum absolute atomic E-state index is 0.0933. The van der Waals surface area contributed by atoms with Crippen LogP contribution in [0.4, 0.5) is 0 Å². The van der Waals surface area contributed by atoms with E-state index in [0.29, 0.717) is 6.42 Å². The van der Waals surface area contributed by atoms with Gasteiger partial charge in [-0.3, -0.25) is 4.18 Å². The number of hydrogen-bond donors (Lipinski definition) is 0. The first-order valence-corrected chi connectivity index (χ1v) is 7.21. The van der Waals surface area contributed by atoms with Crippen molar-refractivity contribution in [2.45, 2.75) is 24.3 Å². The number of esters is 1. The minimum atomic E-state index is -3.81. The standard InChI is InChI=1S/C13H14O5S/c1-10-5-7-12(8-6-10)19(15,16)17-9-11-3-2-4-13(14)18-11/h2,4-8,11H,3,9H2,1H3/t11-/m0/s1. The van der Waals surface area contributed by atoms with Gasteiger partial charge in [0, 0.05) is 12.5 Å². The zero-order valence-electron chi connectivity index (χ0n) is 10.4.